The summed E-state index contributed by atoms with van der Waals surface area (Å²) in [6.45, 7) is 4.17. The standard InChI is InChI=1S/C26H21ClN2O6/c1-3-33-24-13-17(9-11-23(24)34-15-19-6-4-5-7-20(19)27)12-21-26(30)35-25(28-21)18-10-8-16(2)22(14-18)29(31)32/h4-14H,3,15H2,1-2H3. The summed E-state index contributed by atoms with van der Waals surface area (Å²) in [6, 6.07) is 17.2. The molecule has 0 bridgehead atoms. The van der Waals surface area contributed by atoms with Gasteiger partial charge in [0.15, 0.2) is 17.2 Å². The van der Waals surface area contributed by atoms with Gasteiger partial charge in [0.2, 0.25) is 5.90 Å². The van der Waals surface area contributed by atoms with E-state index in [9.17, 15) is 14.9 Å². The molecule has 0 aliphatic carbocycles. The Morgan fingerprint density at radius 1 is 1.09 bits per heavy atom. The highest BCUT2D eigenvalue weighted by atomic mass is 35.5. The Labute approximate surface area is 206 Å². The SMILES string of the molecule is CCOc1cc(C=C2N=C(c3ccc(C)c([N+](=O)[O-])c3)OC2=O)ccc1OCc1ccccc1Cl. The fourth-order valence-corrected chi connectivity index (χ4v) is 3.59. The van der Waals surface area contributed by atoms with Gasteiger partial charge >= 0.3 is 5.97 Å². The van der Waals surface area contributed by atoms with Gasteiger partial charge < -0.3 is 14.2 Å². The van der Waals surface area contributed by atoms with Gasteiger partial charge in [-0.05, 0) is 49.8 Å². The average molecular weight is 493 g/mol. The van der Waals surface area contributed by atoms with Crippen molar-refractivity contribution in [3.05, 3.63) is 104 Å². The number of nitrogens with zero attached hydrogens (tertiary/aromatic N) is 2. The second kappa shape index (κ2) is 10.4. The number of esters is 1. The summed E-state index contributed by atoms with van der Waals surface area (Å²) in [5.74, 6) is 0.381. The van der Waals surface area contributed by atoms with E-state index in [0.717, 1.165) is 5.56 Å². The second-order valence-electron chi connectivity index (χ2n) is 7.61. The molecule has 0 atom stereocenters. The third kappa shape index (κ3) is 5.50. The average Bonchev–Trinajstić information content (AvgIpc) is 3.20. The fraction of sp³-hybridized carbons (Fsp3) is 0.154. The maximum atomic E-state index is 12.4. The molecule has 4 rings (SSSR count). The van der Waals surface area contributed by atoms with Crippen LogP contribution in [0.5, 0.6) is 11.5 Å². The van der Waals surface area contributed by atoms with E-state index in [-0.39, 0.29) is 23.9 Å². The molecule has 0 fully saturated rings. The maximum Gasteiger partial charge on any atom is 0.363 e. The first-order valence-electron chi connectivity index (χ1n) is 10.8. The molecule has 3 aromatic carbocycles. The summed E-state index contributed by atoms with van der Waals surface area (Å²) < 4.78 is 16.9. The molecule has 0 aromatic heterocycles. The van der Waals surface area contributed by atoms with Crippen molar-refractivity contribution in [2.24, 2.45) is 4.99 Å². The van der Waals surface area contributed by atoms with E-state index in [1.165, 1.54) is 6.07 Å². The number of hydrogen-bond donors (Lipinski definition) is 0. The van der Waals surface area contributed by atoms with Gasteiger partial charge in [0.25, 0.3) is 5.69 Å². The Hall–Kier alpha value is -4.17. The number of ether oxygens (including phenoxy) is 3. The highest BCUT2D eigenvalue weighted by Crippen LogP contribution is 2.32. The van der Waals surface area contributed by atoms with Crippen molar-refractivity contribution in [1.82, 2.24) is 0 Å². The van der Waals surface area contributed by atoms with Crippen molar-refractivity contribution >= 4 is 35.2 Å². The number of carbonyl (C=O) groups is 1. The van der Waals surface area contributed by atoms with E-state index in [4.69, 9.17) is 25.8 Å². The van der Waals surface area contributed by atoms with Crippen LogP contribution >= 0.6 is 11.6 Å². The number of halogens is 1. The highest BCUT2D eigenvalue weighted by molar-refractivity contribution is 6.31. The Kier molecular flexibility index (Phi) is 7.12. The molecule has 0 saturated carbocycles. The molecule has 0 saturated heterocycles. The van der Waals surface area contributed by atoms with Crippen LogP contribution in [0.25, 0.3) is 6.08 Å². The van der Waals surface area contributed by atoms with E-state index >= 15 is 0 Å². The number of rotatable bonds is 8. The van der Waals surface area contributed by atoms with Gasteiger partial charge in [0, 0.05) is 27.8 Å². The van der Waals surface area contributed by atoms with E-state index < -0.39 is 10.9 Å². The first kappa shape index (κ1) is 24.0. The smallest absolute Gasteiger partial charge is 0.363 e. The Bertz CT molecular complexity index is 1370. The van der Waals surface area contributed by atoms with Crippen LogP contribution in [0.3, 0.4) is 0 Å². The van der Waals surface area contributed by atoms with Gasteiger partial charge in [-0.3, -0.25) is 10.1 Å². The molecule has 1 aliphatic heterocycles. The molecule has 0 unspecified atom stereocenters. The summed E-state index contributed by atoms with van der Waals surface area (Å²) in [6.07, 6.45) is 1.55. The van der Waals surface area contributed by atoms with Crippen molar-refractivity contribution in [3.63, 3.8) is 0 Å². The van der Waals surface area contributed by atoms with Gasteiger partial charge in [-0.15, -0.1) is 0 Å². The largest absolute Gasteiger partial charge is 0.490 e. The zero-order valence-electron chi connectivity index (χ0n) is 19.0. The van der Waals surface area contributed by atoms with Crippen LogP contribution in [0.1, 0.15) is 29.2 Å². The molecule has 178 valence electrons. The molecular formula is C26H21ClN2O6. The van der Waals surface area contributed by atoms with Crippen LogP contribution in [-0.2, 0) is 16.1 Å². The van der Waals surface area contributed by atoms with Crippen molar-refractivity contribution in [3.8, 4) is 11.5 Å². The van der Waals surface area contributed by atoms with Crippen molar-refractivity contribution in [2.45, 2.75) is 20.5 Å². The lowest BCUT2D eigenvalue weighted by Gasteiger charge is -2.13. The number of benzene rings is 3. The molecule has 0 radical (unpaired) electrons. The highest BCUT2D eigenvalue weighted by Gasteiger charge is 2.26. The van der Waals surface area contributed by atoms with Crippen molar-refractivity contribution in [1.29, 1.82) is 0 Å². The third-order valence-corrected chi connectivity index (χ3v) is 5.55. The van der Waals surface area contributed by atoms with Gasteiger partial charge in [-0.1, -0.05) is 41.9 Å². The first-order valence-corrected chi connectivity index (χ1v) is 11.1. The number of aliphatic imine (C=N–C) groups is 1. The predicted octanol–water partition coefficient (Wildman–Crippen LogP) is 5.88. The lowest BCUT2D eigenvalue weighted by atomic mass is 10.1. The summed E-state index contributed by atoms with van der Waals surface area (Å²) in [4.78, 5) is 27.4. The van der Waals surface area contributed by atoms with E-state index in [0.29, 0.717) is 39.8 Å². The molecule has 0 amide bonds. The molecule has 3 aromatic rings. The van der Waals surface area contributed by atoms with Crippen LogP contribution in [-0.4, -0.2) is 23.4 Å². The molecule has 1 aliphatic rings. The summed E-state index contributed by atoms with van der Waals surface area (Å²) in [5, 5.41) is 11.8. The summed E-state index contributed by atoms with van der Waals surface area (Å²) in [7, 11) is 0. The number of aryl methyl sites for hydroxylation is 1. The number of nitro groups is 1. The third-order valence-electron chi connectivity index (χ3n) is 5.19. The molecule has 9 heteroatoms. The molecule has 0 spiro atoms. The Morgan fingerprint density at radius 3 is 2.63 bits per heavy atom. The zero-order valence-corrected chi connectivity index (χ0v) is 19.7. The molecule has 0 N–H and O–H groups in total. The topological polar surface area (TPSA) is 100 Å². The summed E-state index contributed by atoms with van der Waals surface area (Å²) in [5.41, 5.74) is 2.32. The van der Waals surface area contributed by atoms with Crippen LogP contribution in [0.15, 0.2) is 71.4 Å². The predicted molar refractivity (Wildman–Crippen MR) is 132 cm³/mol. The normalized spacial score (nSPS) is 14.0. The minimum absolute atomic E-state index is 0.00840. The van der Waals surface area contributed by atoms with Crippen molar-refractivity contribution < 1.29 is 23.9 Å². The molecule has 8 nitrogen and oxygen atoms in total. The van der Waals surface area contributed by atoms with E-state index in [1.54, 1.807) is 49.4 Å². The second-order valence-corrected chi connectivity index (χ2v) is 8.02. The molecule has 1 heterocycles. The fourth-order valence-electron chi connectivity index (χ4n) is 3.40. The van der Waals surface area contributed by atoms with Crippen LogP contribution in [0, 0.1) is 17.0 Å². The van der Waals surface area contributed by atoms with E-state index in [2.05, 4.69) is 4.99 Å². The number of hydrogen-bond acceptors (Lipinski definition) is 7. The molecule has 35 heavy (non-hydrogen) atoms. The monoisotopic (exact) mass is 492 g/mol. The van der Waals surface area contributed by atoms with Gasteiger partial charge in [-0.25, -0.2) is 9.79 Å². The quantitative estimate of drug-likeness (QED) is 0.168. The van der Waals surface area contributed by atoms with Gasteiger partial charge in [0.1, 0.15) is 6.61 Å². The van der Waals surface area contributed by atoms with Crippen LogP contribution in [0.4, 0.5) is 5.69 Å². The van der Waals surface area contributed by atoms with Gasteiger partial charge in [0.05, 0.1) is 11.5 Å². The number of nitro benzene ring substituents is 1. The summed E-state index contributed by atoms with van der Waals surface area (Å²) >= 11 is 6.20. The van der Waals surface area contributed by atoms with Crippen molar-refractivity contribution in [2.75, 3.05) is 6.61 Å². The molecular weight excluding hydrogens is 472 g/mol. The Morgan fingerprint density at radius 2 is 1.89 bits per heavy atom. The lowest BCUT2D eigenvalue weighted by Crippen LogP contribution is -2.06. The minimum Gasteiger partial charge on any atom is -0.490 e. The zero-order chi connectivity index (χ0) is 24.9. The minimum atomic E-state index is -0.653. The van der Waals surface area contributed by atoms with E-state index in [1.807, 2.05) is 25.1 Å². The number of cyclic esters (lactones) is 1. The lowest BCUT2D eigenvalue weighted by molar-refractivity contribution is -0.385. The van der Waals surface area contributed by atoms with Crippen LogP contribution in [0.2, 0.25) is 5.02 Å². The van der Waals surface area contributed by atoms with Gasteiger partial charge in [-0.2, -0.15) is 0 Å². The van der Waals surface area contributed by atoms with Crippen LogP contribution < -0.4 is 9.47 Å². The number of carbonyl (C=O) groups excluding carboxylic acids is 1. The maximum absolute atomic E-state index is 12.4. The Balaban J connectivity index is 1.59. The first-order chi connectivity index (χ1) is 16.9.